The van der Waals surface area contributed by atoms with E-state index in [4.69, 9.17) is 15.2 Å². The van der Waals surface area contributed by atoms with E-state index < -0.39 is 34.4 Å². The maximum atomic E-state index is 12.1. The zero-order chi connectivity index (χ0) is 19.6. The van der Waals surface area contributed by atoms with Gasteiger partial charge in [-0.1, -0.05) is 6.07 Å². The fourth-order valence-electron chi connectivity index (χ4n) is 2.51. The van der Waals surface area contributed by atoms with Crippen LogP contribution in [0.3, 0.4) is 0 Å². The van der Waals surface area contributed by atoms with Crippen LogP contribution in [0.5, 0.6) is 11.5 Å². The third-order valence-corrected chi connectivity index (χ3v) is 3.49. The smallest absolute Gasteiger partial charge is 0.342 e. The largest absolute Gasteiger partial charge is 0.493 e. The van der Waals surface area contributed by atoms with Crippen LogP contribution >= 0.6 is 0 Å². The Balaban J connectivity index is 2.84. The first kappa shape index (κ1) is 18.8. The number of aromatic amines is 1. The lowest BCUT2D eigenvalue weighted by atomic mass is 9.95. The van der Waals surface area contributed by atoms with Gasteiger partial charge in [-0.15, -0.1) is 0 Å². The van der Waals surface area contributed by atoms with Crippen LogP contribution < -0.4 is 20.8 Å². The molecular formula is C17H18N2O7. The van der Waals surface area contributed by atoms with Crippen molar-refractivity contribution in [3.8, 4) is 22.6 Å². The lowest BCUT2D eigenvalue weighted by Gasteiger charge is -2.16. The molecule has 0 fully saturated rings. The van der Waals surface area contributed by atoms with Gasteiger partial charge in [-0.05, 0) is 31.5 Å². The summed E-state index contributed by atoms with van der Waals surface area (Å²) in [6.07, 6.45) is -0.144. The molecule has 0 bridgehead atoms. The van der Waals surface area contributed by atoms with Gasteiger partial charge in [0.25, 0.3) is 5.56 Å². The van der Waals surface area contributed by atoms with Gasteiger partial charge in [0.1, 0.15) is 16.9 Å². The van der Waals surface area contributed by atoms with E-state index in [1.807, 2.05) is 13.8 Å². The average Bonchev–Trinajstić information content (AvgIpc) is 2.53. The summed E-state index contributed by atoms with van der Waals surface area (Å²) < 4.78 is 10.8. The highest BCUT2D eigenvalue weighted by Gasteiger charge is 2.27. The van der Waals surface area contributed by atoms with Crippen LogP contribution in [0.25, 0.3) is 11.1 Å². The van der Waals surface area contributed by atoms with Gasteiger partial charge in [0, 0.05) is 5.56 Å². The van der Waals surface area contributed by atoms with Crippen molar-refractivity contribution in [1.82, 2.24) is 4.98 Å². The molecule has 0 saturated heterocycles. The number of aromatic nitrogens is 1. The summed E-state index contributed by atoms with van der Waals surface area (Å²) in [5.74, 6) is -2.85. The number of hydrogen-bond donors (Lipinski definition) is 4. The molecule has 1 aromatic carbocycles. The third kappa shape index (κ3) is 3.46. The molecule has 0 spiro atoms. The Kier molecular flexibility index (Phi) is 5.20. The fourth-order valence-corrected chi connectivity index (χ4v) is 2.51. The summed E-state index contributed by atoms with van der Waals surface area (Å²) in [5.41, 5.74) is 3.21. The first-order valence-corrected chi connectivity index (χ1v) is 7.54. The number of carboxylic acid groups (broad SMARTS) is 2. The van der Waals surface area contributed by atoms with E-state index in [0.29, 0.717) is 5.75 Å². The molecule has 1 heterocycles. The van der Waals surface area contributed by atoms with Gasteiger partial charge >= 0.3 is 11.9 Å². The van der Waals surface area contributed by atoms with Crippen LogP contribution in [0.2, 0.25) is 0 Å². The molecule has 2 rings (SSSR count). The van der Waals surface area contributed by atoms with Crippen molar-refractivity contribution in [3.63, 3.8) is 0 Å². The van der Waals surface area contributed by atoms with Gasteiger partial charge in [0.15, 0.2) is 11.5 Å². The van der Waals surface area contributed by atoms with E-state index in [1.54, 1.807) is 0 Å². The lowest BCUT2D eigenvalue weighted by Crippen LogP contribution is -2.24. The Morgan fingerprint density at radius 1 is 1.12 bits per heavy atom. The van der Waals surface area contributed by atoms with Gasteiger partial charge in [-0.25, -0.2) is 9.59 Å². The van der Waals surface area contributed by atoms with E-state index in [0.717, 1.165) is 0 Å². The molecule has 0 aliphatic rings. The van der Waals surface area contributed by atoms with Gasteiger partial charge in [0.2, 0.25) is 0 Å². The summed E-state index contributed by atoms with van der Waals surface area (Å²) in [7, 11) is 1.38. The number of benzene rings is 1. The molecule has 0 radical (unpaired) electrons. The molecule has 9 heteroatoms. The van der Waals surface area contributed by atoms with Crippen molar-refractivity contribution in [1.29, 1.82) is 0 Å². The van der Waals surface area contributed by atoms with Crippen LogP contribution in [0.1, 0.15) is 34.6 Å². The van der Waals surface area contributed by atoms with Gasteiger partial charge in [-0.2, -0.15) is 0 Å². The highest BCUT2D eigenvalue weighted by Crippen LogP contribution is 2.36. The number of aromatic carboxylic acids is 2. The second-order valence-corrected chi connectivity index (χ2v) is 5.64. The lowest BCUT2D eigenvalue weighted by molar-refractivity contribution is 0.0695. The molecule has 0 unspecified atom stereocenters. The van der Waals surface area contributed by atoms with Crippen molar-refractivity contribution in [2.24, 2.45) is 0 Å². The number of nitrogens with two attached hydrogens (primary N) is 1. The number of carbonyl (C=O) groups is 2. The zero-order valence-corrected chi connectivity index (χ0v) is 14.3. The minimum atomic E-state index is -1.58. The number of H-pyrrole nitrogens is 1. The van der Waals surface area contributed by atoms with Crippen LogP contribution in [-0.4, -0.2) is 40.3 Å². The Morgan fingerprint density at radius 3 is 2.23 bits per heavy atom. The number of anilines is 1. The molecule has 0 amide bonds. The predicted octanol–water partition coefficient (Wildman–Crippen LogP) is 1.82. The van der Waals surface area contributed by atoms with Crippen LogP contribution in [-0.2, 0) is 0 Å². The molecule has 0 aliphatic carbocycles. The Labute approximate surface area is 148 Å². The van der Waals surface area contributed by atoms with Crippen molar-refractivity contribution in [2.45, 2.75) is 20.0 Å². The normalized spacial score (nSPS) is 10.6. The monoisotopic (exact) mass is 362 g/mol. The highest BCUT2D eigenvalue weighted by molar-refractivity contribution is 6.07. The van der Waals surface area contributed by atoms with Crippen molar-refractivity contribution in [2.75, 3.05) is 12.8 Å². The van der Waals surface area contributed by atoms with Crippen LogP contribution in [0.15, 0.2) is 23.0 Å². The number of carboxylic acids is 2. The predicted molar refractivity (Wildman–Crippen MR) is 93.1 cm³/mol. The highest BCUT2D eigenvalue weighted by atomic mass is 16.5. The molecule has 9 nitrogen and oxygen atoms in total. The Morgan fingerprint density at radius 2 is 1.73 bits per heavy atom. The maximum absolute atomic E-state index is 12.1. The number of ether oxygens (including phenoxy) is 2. The van der Waals surface area contributed by atoms with E-state index in [9.17, 15) is 24.6 Å². The molecule has 2 aromatic rings. The Bertz CT molecular complexity index is 931. The number of nitrogen functional groups attached to an aromatic ring is 1. The van der Waals surface area contributed by atoms with Gasteiger partial charge in [-0.3, -0.25) is 4.79 Å². The minimum absolute atomic E-state index is 0.144. The average molecular weight is 362 g/mol. The second-order valence-electron chi connectivity index (χ2n) is 5.64. The van der Waals surface area contributed by atoms with Crippen molar-refractivity contribution in [3.05, 3.63) is 39.7 Å². The first-order chi connectivity index (χ1) is 12.2. The van der Waals surface area contributed by atoms with E-state index >= 15 is 0 Å². The van der Waals surface area contributed by atoms with Crippen molar-refractivity contribution < 1.29 is 29.3 Å². The molecule has 1 aromatic heterocycles. The van der Waals surface area contributed by atoms with E-state index in [1.165, 1.54) is 25.3 Å². The number of methoxy groups -OCH3 is 1. The second kappa shape index (κ2) is 7.18. The summed E-state index contributed by atoms with van der Waals surface area (Å²) in [4.78, 5) is 37.3. The third-order valence-electron chi connectivity index (χ3n) is 3.49. The van der Waals surface area contributed by atoms with E-state index in [2.05, 4.69) is 4.98 Å². The molecule has 5 N–H and O–H groups in total. The summed E-state index contributed by atoms with van der Waals surface area (Å²) in [5, 5.41) is 18.8. The number of rotatable bonds is 6. The molecular weight excluding hydrogens is 344 g/mol. The fraction of sp³-hybridized carbons (Fsp3) is 0.235. The first-order valence-electron chi connectivity index (χ1n) is 7.54. The van der Waals surface area contributed by atoms with Gasteiger partial charge < -0.3 is 30.4 Å². The van der Waals surface area contributed by atoms with Crippen LogP contribution in [0, 0.1) is 0 Å². The van der Waals surface area contributed by atoms with E-state index in [-0.39, 0.29) is 23.0 Å². The number of hydrogen-bond acceptors (Lipinski definition) is 6. The summed E-state index contributed by atoms with van der Waals surface area (Å²) in [6.45, 7) is 3.63. The van der Waals surface area contributed by atoms with Gasteiger partial charge in [0.05, 0.1) is 13.2 Å². The molecule has 26 heavy (non-hydrogen) atoms. The molecule has 138 valence electrons. The topological polar surface area (TPSA) is 152 Å². The SMILES string of the molecule is COc1cc(-c2c(C(=O)O)c(N)[nH]c(=O)c2C(=O)O)ccc1OC(C)C. The molecule has 0 saturated carbocycles. The van der Waals surface area contributed by atoms with Crippen LogP contribution in [0.4, 0.5) is 5.82 Å². The maximum Gasteiger partial charge on any atom is 0.342 e. The molecule has 0 aliphatic heterocycles. The minimum Gasteiger partial charge on any atom is -0.493 e. The van der Waals surface area contributed by atoms with Crippen molar-refractivity contribution >= 4 is 17.8 Å². The Hall–Kier alpha value is -3.49. The number of nitrogens with one attached hydrogen (secondary N) is 1. The molecule has 0 atom stereocenters. The summed E-state index contributed by atoms with van der Waals surface area (Å²) in [6, 6.07) is 4.33. The summed E-state index contributed by atoms with van der Waals surface area (Å²) >= 11 is 0. The zero-order valence-electron chi connectivity index (χ0n) is 14.3. The quantitative estimate of drug-likeness (QED) is 0.607. The standard InChI is InChI=1S/C17H18N2O7/c1-7(2)26-9-5-4-8(6-10(9)25-3)11-12(16(21)22)14(18)19-15(20)13(11)17(23)24/h4-7H,1-3H3,(H,21,22)(H,23,24)(H3,18,19,20). The number of pyridine rings is 1.